The molecule has 0 aliphatic rings. The summed E-state index contributed by atoms with van der Waals surface area (Å²) in [4.78, 5) is 0. The van der Waals surface area contributed by atoms with E-state index in [0.29, 0.717) is 5.92 Å². The third-order valence-corrected chi connectivity index (χ3v) is 12.1. The van der Waals surface area contributed by atoms with E-state index < -0.39 is 0 Å². The van der Waals surface area contributed by atoms with Crippen molar-refractivity contribution in [3.8, 4) is 0 Å². The predicted octanol–water partition coefficient (Wildman–Crippen LogP) is 7.46. The van der Waals surface area contributed by atoms with Crippen LogP contribution in [0.3, 0.4) is 0 Å². The van der Waals surface area contributed by atoms with Gasteiger partial charge < -0.3 is 5.11 Å². The van der Waals surface area contributed by atoms with Crippen molar-refractivity contribution in [2.75, 3.05) is 6.61 Å². The molecule has 0 saturated carbocycles. The van der Waals surface area contributed by atoms with Gasteiger partial charge in [-0.05, 0) is 56.9 Å². The zero-order chi connectivity index (χ0) is 20.7. The van der Waals surface area contributed by atoms with E-state index in [9.17, 15) is 5.11 Å². The van der Waals surface area contributed by atoms with Crippen LogP contribution in [0.15, 0.2) is 54.6 Å². The monoisotopic (exact) mass is 498 g/mol. The Morgan fingerprint density at radius 2 is 1.78 bits per heavy atom. The molecule has 0 radical (unpaired) electrons. The third-order valence-electron chi connectivity index (χ3n) is 5.42. The Balaban J connectivity index is 2.89. The second-order valence-corrected chi connectivity index (χ2v) is 14.7. The van der Waals surface area contributed by atoms with Gasteiger partial charge in [-0.25, -0.2) is 0 Å². The van der Waals surface area contributed by atoms with E-state index in [0.717, 1.165) is 19.8 Å². The van der Waals surface area contributed by atoms with Crippen LogP contribution in [0.1, 0.15) is 59.4 Å². The molecule has 1 aromatic rings. The molecule has 4 unspecified atom stereocenters. The molecule has 1 aromatic carbocycles. The molecule has 0 bridgehead atoms. The molecule has 0 fully saturated rings. The molecule has 4 atom stereocenters. The Morgan fingerprint density at radius 1 is 1.19 bits per heavy atom. The fourth-order valence-electron chi connectivity index (χ4n) is 4.22. The molecule has 0 amide bonds. The number of aliphatic hydroxyl groups excluding tert-OH is 1. The fourth-order valence-corrected chi connectivity index (χ4v) is 8.05. The molecular formula is C23H37BIOP. The maximum Gasteiger partial charge on any atom is 0.167 e. The Bertz CT molecular complexity index is 620. The van der Waals surface area contributed by atoms with Crippen LogP contribution in [-0.4, -0.2) is 18.7 Å². The van der Waals surface area contributed by atoms with Crippen molar-refractivity contribution in [2.45, 2.75) is 65.4 Å². The van der Waals surface area contributed by atoms with Crippen LogP contribution in [0.2, 0.25) is 6.32 Å². The molecule has 27 heavy (non-hydrogen) atoms. The highest BCUT2D eigenvalue weighted by atomic mass is 127. The van der Waals surface area contributed by atoms with Crippen LogP contribution >= 0.6 is 27.5 Å². The van der Waals surface area contributed by atoms with E-state index in [1.807, 2.05) is 6.07 Å². The van der Waals surface area contributed by atoms with E-state index in [2.05, 4.69) is 94.1 Å². The SMILES string of the molecule is C=C(C)CC(C)CC(C)(CBP(I)C(C)(CO)c1ccccc1)CC(=C)C. The second-order valence-electron chi connectivity index (χ2n) is 9.05. The summed E-state index contributed by atoms with van der Waals surface area (Å²) in [5, 5.41) is 10.1. The smallest absolute Gasteiger partial charge is 0.167 e. The van der Waals surface area contributed by atoms with Gasteiger partial charge in [-0.3, -0.25) is 0 Å². The molecule has 0 aliphatic heterocycles. The minimum atomic E-state index is -0.361. The van der Waals surface area contributed by atoms with E-state index >= 15 is 0 Å². The van der Waals surface area contributed by atoms with Gasteiger partial charge in [0, 0.05) is 5.16 Å². The number of allylic oxidation sites excluding steroid dienone is 2. The number of aliphatic hydroxyl groups is 1. The van der Waals surface area contributed by atoms with E-state index in [1.54, 1.807) is 0 Å². The summed E-state index contributed by atoms with van der Waals surface area (Å²) in [5.74, 6) is 0.644. The van der Waals surface area contributed by atoms with Gasteiger partial charge in [0.05, 0.1) is 6.61 Å². The average Bonchev–Trinajstić information content (AvgIpc) is 2.58. The van der Waals surface area contributed by atoms with E-state index in [1.165, 1.54) is 29.5 Å². The number of hydrogen-bond donors (Lipinski definition) is 1. The van der Waals surface area contributed by atoms with Gasteiger partial charge in [0.25, 0.3) is 0 Å². The minimum absolute atomic E-state index is 0.148. The molecule has 0 spiro atoms. The van der Waals surface area contributed by atoms with Gasteiger partial charge in [0.15, 0.2) is 7.00 Å². The van der Waals surface area contributed by atoms with Crippen molar-refractivity contribution in [1.82, 2.24) is 0 Å². The Labute approximate surface area is 182 Å². The van der Waals surface area contributed by atoms with Crippen LogP contribution in [0, 0.1) is 11.3 Å². The lowest BCUT2D eigenvalue weighted by Crippen LogP contribution is -2.27. The van der Waals surface area contributed by atoms with Gasteiger partial charge in [0.2, 0.25) is 0 Å². The molecule has 1 nitrogen and oxygen atoms in total. The van der Waals surface area contributed by atoms with Crippen molar-refractivity contribution >= 4 is 34.5 Å². The molecule has 0 aliphatic carbocycles. The maximum atomic E-state index is 10.2. The van der Waals surface area contributed by atoms with Gasteiger partial charge in [-0.1, -0.05) is 89.1 Å². The van der Waals surface area contributed by atoms with Crippen LogP contribution < -0.4 is 0 Å². The first kappa shape index (κ1) is 24.9. The molecule has 4 heteroatoms. The highest BCUT2D eigenvalue weighted by Crippen LogP contribution is 2.62. The zero-order valence-electron chi connectivity index (χ0n) is 17.9. The fraction of sp³-hybridized carbons (Fsp3) is 0.565. The van der Waals surface area contributed by atoms with Crippen LogP contribution in [0.5, 0.6) is 0 Å². The summed E-state index contributed by atoms with van der Waals surface area (Å²) >= 11 is 2.62. The van der Waals surface area contributed by atoms with Crippen LogP contribution in [0.4, 0.5) is 0 Å². The van der Waals surface area contributed by atoms with Crippen LogP contribution in [-0.2, 0) is 5.16 Å². The van der Waals surface area contributed by atoms with Crippen molar-refractivity contribution in [3.05, 3.63) is 60.2 Å². The largest absolute Gasteiger partial charge is 0.395 e. The lowest BCUT2D eigenvalue weighted by atomic mass is 9.68. The number of hydrogen-bond acceptors (Lipinski definition) is 1. The standard InChI is InChI=1S/C23H37BIOP/c1-18(2)13-20(5)15-22(6,14-19(3)4)16-24-27(25)23(7,17-26)21-11-9-8-10-12-21/h8-12,20,24,26H,1,3,13-17H2,2,4-7H3. The molecule has 0 heterocycles. The first-order valence-electron chi connectivity index (χ1n) is 9.91. The first-order chi connectivity index (χ1) is 12.5. The normalized spacial score (nSPS) is 18.0. The molecular weight excluding hydrogens is 461 g/mol. The summed E-state index contributed by atoms with van der Waals surface area (Å²) in [5.41, 5.74) is 3.70. The van der Waals surface area contributed by atoms with Gasteiger partial charge >= 0.3 is 0 Å². The minimum Gasteiger partial charge on any atom is -0.395 e. The van der Waals surface area contributed by atoms with Crippen molar-refractivity contribution in [2.24, 2.45) is 11.3 Å². The first-order valence-corrected chi connectivity index (χ1v) is 14.2. The molecule has 150 valence electrons. The topological polar surface area (TPSA) is 20.2 Å². The quantitative estimate of drug-likeness (QED) is 0.137. The van der Waals surface area contributed by atoms with Crippen molar-refractivity contribution in [3.63, 3.8) is 0 Å². The summed E-state index contributed by atoms with van der Waals surface area (Å²) in [7, 11) is 0. The Kier molecular flexibility index (Phi) is 10.3. The summed E-state index contributed by atoms with van der Waals surface area (Å²) in [6, 6.07) is 10.5. The average molecular weight is 498 g/mol. The molecule has 0 aromatic heterocycles. The van der Waals surface area contributed by atoms with Gasteiger partial charge in [-0.15, -0.1) is 13.2 Å². The zero-order valence-corrected chi connectivity index (χ0v) is 20.9. The Hall–Kier alpha value is -0.115. The summed E-state index contributed by atoms with van der Waals surface area (Å²) < 4.78 is 0. The third kappa shape index (κ3) is 8.03. The van der Waals surface area contributed by atoms with Gasteiger partial charge in [-0.2, -0.15) is 0 Å². The van der Waals surface area contributed by atoms with Crippen molar-refractivity contribution in [1.29, 1.82) is 0 Å². The summed E-state index contributed by atoms with van der Waals surface area (Å²) in [6.45, 7) is 20.9. The lowest BCUT2D eigenvalue weighted by molar-refractivity contribution is 0.256. The predicted molar refractivity (Wildman–Crippen MR) is 135 cm³/mol. The molecule has 0 saturated heterocycles. The number of halogens is 1. The summed E-state index contributed by atoms with van der Waals surface area (Å²) in [6.07, 6.45) is 4.56. The lowest BCUT2D eigenvalue weighted by Gasteiger charge is -2.37. The maximum absolute atomic E-state index is 10.2. The second kappa shape index (κ2) is 11.2. The van der Waals surface area contributed by atoms with E-state index in [-0.39, 0.29) is 22.6 Å². The number of rotatable bonds is 12. The highest BCUT2D eigenvalue weighted by molar-refractivity contribution is 14.2. The number of benzene rings is 1. The van der Waals surface area contributed by atoms with Crippen LogP contribution in [0.25, 0.3) is 0 Å². The molecule has 1 rings (SSSR count). The van der Waals surface area contributed by atoms with Gasteiger partial charge in [0.1, 0.15) is 0 Å². The highest BCUT2D eigenvalue weighted by Gasteiger charge is 2.36. The van der Waals surface area contributed by atoms with E-state index in [4.69, 9.17) is 0 Å². The Morgan fingerprint density at radius 3 is 2.26 bits per heavy atom. The van der Waals surface area contributed by atoms with Crippen molar-refractivity contribution < 1.29 is 5.11 Å². The molecule has 1 N–H and O–H groups in total.